The minimum Gasteiger partial charge on any atom is -0.354 e. The van der Waals surface area contributed by atoms with E-state index in [0.29, 0.717) is 18.7 Å². The van der Waals surface area contributed by atoms with Crippen LogP contribution in [0.3, 0.4) is 0 Å². The first-order chi connectivity index (χ1) is 16.4. The van der Waals surface area contributed by atoms with Gasteiger partial charge in [0, 0.05) is 44.2 Å². The van der Waals surface area contributed by atoms with Crippen LogP contribution in [0, 0.1) is 6.92 Å². The quantitative estimate of drug-likeness (QED) is 0.658. The second kappa shape index (κ2) is 10.5. The number of aromatic nitrogens is 1. The Morgan fingerprint density at radius 1 is 1.15 bits per heavy atom. The predicted molar refractivity (Wildman–Crippen MR) is 131 cm³/mol. The molecule has 2 aromatic rings. The molecule has 1 atom stereocenters. The zero-order valence-electron chi connectivity index (χ0n) is 19.5. The summed E-state index contributed by atoms with van der Waals surface area (Å²) in [6.07, 6.45) is 2.51. The first-order valence-corrected chi connectivity index (χ1v) is 12.0. The maximum atomic E-state index is 13.1. The van der Waals surface area contributed by atoms with E-state index in [-0.39, 0.29) is 29.5 Å². The van der Waals surface area contributed by atoms with Crippen molar-refractivity contribution in [2.75, 3.05) is 25.5 Å². The number of carbonyl (C=O) groups excluding carboxylic acids is 3. The van der Waals surface area contributed by atoms with E-state index < -0.39 is 6.04 Å². The Bertz CT molecular complexity index is 1080. The number of rotatable bonds is 6. The number of hydrogen-bond acceptors (Lipinski definition) is 5. The molecule has 3 heterocycles. The first kappa shape index (κ1) is 24.2. The van der Waals surface area contributed by atoms with E-state index in [2.05, 4.69) is 32.7 Å². The van der Waals surface area contributed by atoms with Gasteiger partial charge in [0.1, 0.15) is 17.6 Å². The van der Waals surface area contributed by atoms with Crippen molar-refractivity contribution in [2.24, 2.45) is 0 Å². The van der Waals surface area contributed by atoms with Gasteiger partial charge >= 0.3 is 0 Å². The third-order valence-electron chi connectivity index (χ3n) is 6.60. The van der Waals surface area contributed by atoms with Gasteiger partial charge in [0.15, 0.2) is 0 Å². The number of benzene rings is 1. The Hall–Kier alpha value is -2.97. The lowest BCUT2D eigenvalue weighted by Crippen LogP contribution is -2.51. The van der Waals surface area contributed by atoms with Gasteiger partial charge in [0.25, 0.3) is 5.91 Å². The van der Waals surface area contributed by atoms with Crippen molar-refractivity contribution in [3.63, 3.8) is 0 Å². The molecule has 3 amide bonds. The van der Waals surface area contributed by atoms with E-state index in [0.717, 1.165) is 43.1 Å². The van der Waals surface area contributed by atoms with Crippen molar-refractivity contribution in [2.45, 2.75) is 51.2 Å². The topological polar surface area (TPSA) is 94.6 Å². The monoisotopic (exact) mass is 483 g/mol. The molecule has 34 heavy (non-hydrogen) atoms. The lowest BCUT2D eigenvalue weighted by molar-refractivity contribution is -0.136. The molecule has 2 aliphatic rings. The summed E-state index contributed by atoms with van der Waals surface area (Å²) in [7, 11) is 1.53. The van der Waals surface area contributed by atoms with Gasteiger partial charge < -0.3 is 15.5 Å². The molecule has 8 nitrogen and oxygen atoms in total. The van der Waals surface area contributed by atoms with Crippen LogP contribution in [0.2, 0.25) is 5.02 Å². The van der Waals surface area contributed by atoms with E-state index in [1.54, 1.807) is 23.1 Å². The Balaban J connectivity index is 1.37. The summed E-state index contributed by atoms with van der Waals surface area (Å²) in [6, 6.07) is 10.5. The molecular weight excluding hydrogens is 454 g/mol. The number of likely N-dealkylation sites (tertiary alicyclic amines) is 2. The van der Waals surface area contributed by atoms with E-state index in [1.165, 1.54) is 12.6 Å². The molecule has 1 aromatic heterocycles. The second-order valence-corrected chi connectivity index (χ2v) is 9.33. The fourth-order valence-corrected chi connectivity index (χ4v) is 4.92. The smallest absolute Gasteiger partial charge is 0.269 e. The number of pyridine rings is 1. The molecule has 0 aliphatic carbocycles. The Labute approximate surface area is 204 Å². The molecular formula is C25H30ClN5O3. The van der Waals surface area contributed by atoms with Gasteiger partial charge in [-0.25, -0.2) is 4.98 Å². The molecule has 180 valence electrons. The normalized spacial score (nSPS) is 19.3. The number of carbonyl (C=O) groups is 3. The Morgan fingerprint density at radius 2 is 1.91 bits per heavy atom. The van der Waals surface area contributed by atoms with Gasteiger partial charge in [-0.1, -0.05) is 29.8 Å². The van der Waals surface area contributed by atoms with Crippen LogP contribution in [0.4, 0.5) is 5.82 Å². The highest BCUT2D eigenvalue weighted by Crippen LogP contribution is 2.29. The third kappa shape index (κ3) is 5.39. The number of amides is 3. The van der Waals surface area contributed by atoms with Crippen LogP contribution < -0.4 is 10.6 Å². The van der Waals surface area contributed by atoms with Gasteiger partial charge in [-0.15, -0.1) is 0 Å². The molecule has 0 radical (unpaired) electrons. The Kier molecular flexibility index (Phi) is 7.48. The number of nitrogens with zero attached hydrogens (tertiary/aromatic N) is 3. The summed E-state index contributed by atoms with van der Waals surface area (Å²) in [5, 5.41) is 6.09. The summed E-state index contributed by atoms with van der Waals surface area (Å²) < 4.78 is 0. The number of aryl methyl sites for hydroxylation is 1. The average molecular weight is 484 g/mol. The van der Waals surface area contributed by atoms with Gasteiger partial charge in [-0.05, 0) is 55.5 Å². The molecule has 1 aromatic carbocycles. The maximum Gasteiger partial charge on any atom is 0.269 e. The molecule has 2 fully saturated rings. The van der Waals surface area contributed by atoms with E-state index in [1.807, 2.05) is 13.0 Å². The van der Waals surface area contributed by atoms with Crippen LogP contribution in [-0.4, -0.2) is 64.7 Å². The summed E-state index contributed by atoms with van der Waals surface area (Å²) >= 11 is 6.14. The number of halogens is 1. The van der Waals surface area contributed by atoms with E-state index in [4.69, 9.17) is 11.6 Å². The summed E-state index contributed by atoms with van der Waals surface area (Å²) in [5.74, 6) is -0.252. The van der Waals surface area contributed by atoms with Gasteiger partial charge in [-0.3, -0.25) is 19.3 Å². The standard InChI is InChI=1S/C25H30ClN5O3/c1-16-14-17(6-7-19(16)26)15-30-12-10-18(11-13-30)31-21(8-9-23(31)32)25(34)29-22-5-3-4-20(28-22)24(33)27-2/h3-7,14,18,21H,8-13,15H2,1-2H3,(H,27,33)(H,28,29,34)/t21-/m1/s1. The predicted octanol–water partition coefficient (Wildman–Crippen LogP) is 3.00. The van der Waals surface area contributed by atoms with Crippen LogP contribution in [0.5, 0.6) is 0 Å². The minimum atomic E-state index is -0.520. The fraction of sp³-hybridized carbons (Fsp3) is 0.440. The fourth-order valence-electron chi connectivity index (χ4n) is 4.81. The largest absolute Gasteiger partial charge is 0.354 e. The highest BCUT2D eigenvalue weighted by Gasteiger charge is 2.41. The molecule has 0 bridgehead atoms. The molecule has 2 saturated heterocycles. The Morgan fingerprint density at radius 3 is 2.62 bits per heavy atom. The lowest BCUT2D eigenvalue weighted by atomic mass is 10.0. The van der Waals surface area contributed by atoms with Crippen LogP contribution in [-0.2, 0) is 16.1 Å². The lowest BCUT2D eigenvalue weighted by Gasteiger charge is -2.39. The minimum absolute atomic E-state index is 0.0268. The molecule has 0 saturated carbocycles. The van der Waals surface area contributed by atoms with Gasteiger partial charge in [0.05, 0.1) is 0 Å². The molecule has 0 unspecified atom stereocenters. The molecule has 0 spiro atoms. The molecule has 9 heteroatoms. The molecule has 2 N–H and O–H groups in total. The zero-order valence-corrected chi connectivity index (χ0v) is 20.3. The van der Waals surface area contributed by atoms with Crippen LogP contribution >= 0.6 is 11.6 Å². The van der Waals surface area contributed by atoms with Gasteiger partial charge in [0.2, 0.25) is 11.8 Å². The highest BCUT2D eigenvalue weighted by molar-refractivity contribution is 6.31. The number of nitrogens with one attached hydrogen (secondary N) is 2. The van der Waals surface area contributed by atoms with Crippen molar-refractivity contribution in [1.82, 2.24) is 20.1 Å². The van der Waals surface area contributed by atoms with E-state index >= 15 is 0 Å². The van der Waals surface area contributed by atoms with Crippen molar-refractivity contribution < 1.29 is 14.4 Å². The third-order valence-corrected chi connectivity index (χ3v) is 7.02. The second-order valence-electron chi connectivity index (χ2n) is 8.92. The van der Waals surface area contributed by atoms with Gasteiger partial charge in [-0.2, -0.15) is 0 Å². The summed E-state index contributed by atoms with van der Waals surface area (Å²) in [5.41, 5.74) is 2.52. The maximum absolute atomic E-state index is 13.1. The summed E-state index contributed by atoms with van der Waals surface area (Å²) in [6.45, 7) is 4.57. The van der Waals surface area contributed by atoms with E-state index in [9.17, 15) is 14.4 Å². The van der Waals surface area contributed by atoms with Crippen LogP contribution in [0.1, 0.15) is 47.3 Å². The SMILES string of the molecule is CNC(=O)c1cccc(NC(=O)[C@H]2CCC(=O)N2C2CCN(Cc3ccc(Cl)c(C)c3)CC2)n1. The van der Waals surface area contributed by atoms with Crippen LogP contribution in [0.25, 0.3) is 0 Å². The summed E-state index contributed by atoms with van der Waals surface area (Å²) in [4.78, 5) is 46.0. The molecule has 2 aliphatic heterocycles. The number of anilines is 1. The van der Waals surface area contributed by atoms with Crippen LogP contribution in [0.15, 0.2) is 36.4 Å². The highest BCUT2D eigenvalue weighted by atomic mass is 35.5. The first-order valence-electron chi connectivity index (χ1n) is 11.6. The number of hydrogen-bond donors (Lipinski definition) is 2. The van der Waals surface area contributed by atoms with Crippen molar-refractivity contribution in [1.29, 1.82) is 0 Å². The van der Waals surface area contributed by atoms with Crippen molar-refractivity contribution in [3.05, 3.63) is 58.2 Å². The van der Waals surface area contributed by atoms with Crippen molar-refractivity contribution >= 4 is 35.1 Å². The zero-order chi connectivity index (χ0) is 24.2. The number of piperidine rings is 1. The average Bonchev–Trinajstić information content (AvgIpc) is 3.23. The molecule has 4 rings (SSSR count). The van der Waals surface area contributed by atoms with Crippen molar-refractivity contribution in [3.8, 4) is 0 Å².